The van der Waals surface area contributed by atoms with Gasteiger partial charge < -0.3 is 14.4 Å². The van der Waals surface area contributed by atoms with E-state index in [-0.39, 0.29) is 12.1 Å². The summed E-state index contributed by atoms with van der Waals surface area (Å²) in [6.45, 7) is 4.76. The molecule has 0 saturated heterocycles. The largest absolute Gasteiger partial charge is 0.494 e. The molecule has 1 saturated carbocycles. The van der Waals surface area contributed by atoms with Gasteiger partial charge in [0.05, 0.1) is 6.61 Å². The molecule has 5 nitrogen and oxygen atoms in total. The van der Waals surface area contributed by atoms with E-state index in [1.165, 1.54) is 0 Å². The van der Waals surface area contributed by atoms with E-state index in [0.717, 1.165) is 37.6 Å². The van der Waals surface area contributed by atoms with Crippen molar-refractivity contribution in [3.05, 3.63) is 36.0 Å². The van der Waals surface area contributed by atoms with Crippen LogP contribution in [0.15, 0.2) is 30.5 Å². The highest BCUT2D eigenvalue weighted by molar-refractivity contribution is 5.59. The van der Waals surface area contributed by atoms with Gasteiger partial charge in [0.15, 0.2) is 0 Å². The van der Waals surface area contributed by atoms with Crippen LogP contribution < -0.4 is 14.4 Å². The summed E-state index contributed by atoms with van der Waals surface area (Å²) in [6.07, 6.45) is -0.611. The van der Waals surface area contributed by atoms with Gasteiger partial charge in [-0.25, -0.2) is 4.98 Å². The lowest BCUT2D eigenvalue weighted by molar-refractivity contribution is -0.139. The number of hydrogen-bond donors (Lipinski definition) is 0. The number of anilines is 2. The standard InChI is InChI=1S/C20H24F3N3O2/c1-3-26(14-8-7-11-16(12-14)27-4-2)19-24-13-17(20(21,22)23)18(25-19)28-15-9-5-6-10-15/h7-8,11-13,15H,3-6,9-10H2,1-2H3. The van der Waals surface area contributed by atoms with Crippen LogP contribution in [0.25, 0.3) is 0 Å². The summed E-state index contributed by atoms with van der Waals surface area (Å²) in [5, 5.41) is 0. The topological polar surface area (TPSA) is 47.5 Å². The molecule has 0 N–H and O–H groups in total. The van der Waals surface area contributed by atoms with Crippen molar-refractivity contribution in [2.45, 2.75) is 51.8 Å². The van der Waals surface area contributed by atoms with Crippen molar-refractivity contribution in [3.63, 3.8) is 0 Å². The smallest absolute Gasteiger partial charge is 0.423 e. The van der Waals surface area contributed by atoms with Crippen LogP contribution in [0.5, 0.6) is 11.6 Å². The Balaban J connectivity index is 1.96. The van der Waals surface area contributed by atoms with Crippen LogP contribution >= 0.6 is 0 Å². The average molecular weight is 395 g/mol. The fourth-order valence-electron chi connectivity index (χ4n) is 3.28. The van der Waals surface area contributed by atoms with Crippen LogP contribution in [0, 0.1) is 0 Å². The molecule has 0 spiro atoms. The van der Waals surface area contributed by atoms with Gasteiger partial charge in [0.1, 0.15) is 17.4 Å². The second kappa shape index (κ2) is 8.67. The van der Waals surface area contributed by atoms with Crippen molar-refractivity contribution in [1.82, 2.24) is 9.97 Å². The van der Waals surface area contributed by atoms with Gasteiger partial charge in [-0.3, -0.25) is 0 Å². The van der Waals surface area contributed by atoms with Gasteiger partial charge in [-0.15, -0.1) is 0 Å². The predicted octanol–water partition coefficient (Wildman–Crippen LogP) is 5.37. The normalized spacial score (nSPS) is 14.9. The summed E-state index contributed by atoms with van der Waals surface area (Å²) in [5.41, 5.74) is -0.206. The van der Waals surface area contributed by atoms with E-state index >= 15 is 0 Å². The Bertz CT molecular complexity index is 793. The second-order valence-corrected chi connectivity index (χ2v) is 6.59. The number of halogens is 3. The fraction of sp³-hybridized carbons (Fsp3) is 0.500. The second-order valence-electron chi connectivity index (χ2n) is 6.59. The fourth-order valence-corrected chi connectivity index (χ4v) is 3.28. The molecule has 2 aromatic rings. The van der Waals surface area contributed by atoms with E-state index in [2.05, 4.69) is 9.97 Å². The molecule has 0 amide bonds. The summed E-state index contributed by atoms with van der Waals surface area (Å²) in [4.78, 5) is 9.86. The number of benzene rings is 1. The lowest BCUT2D eigenvalue weighted by Crippen LogP contribution is -2.22. The SMILES string of the molecule is CCOc1cccc(N(CC)c2ncc(C(F)(F)F)c(OC3CCCC3)n2)c1. The molecule has 1 aromatic heterocycles. The first-order valence-electron chi connectivity index (χ1n) is 9.53. The van der Waals surface area contributed by atoms with Gasteiger partial charge in [0.25, 0.3) is 0 Å². The van der Waals surface area contributed by atoms with Gasteiger partial charge >= 0.3 is 6.18 Å². The number of nitrogens with zero attached hydrogens (tertiary/aromatic N) is 3. The Kier molecular flexibility index (Phi) is 6.26. The third-order valence-electron chi connectivity index (χ3n) is 4.62. The molecule has 152 valence electrons. The molecule has 0 atom stereocenters. The van der Waals surface area contributed by atoms with Crippen molar-refractivity contribution in [2.24, 2.45) is 0 Å². The molecule has 28 heavy (non-hydrogen) atoms. The monoisotopic (exact) mass is 395 g/mol. The Labute approximate surface area is 162 Å². The van der Waals surface area contributed by atoms with E-state index in [1.54, 1.807) is 4.90 Å². The molecule has 0 unspecified atom stereocenters. The molecule has 1 heterocycles. The number of aromatic nitrogens is 2. The minimum atomic E-state index is -4.57. The number of alkyl halides is 3. The van der Waals surface area contributed by atoms with Gasteiger partial charge in [-0.1, -0.05) is 6.07 Å². The average Bonchev–Trinajstić information content (AvgIpc) is 3.15. The summed E-state index contributed by atoms with van der Waals surface area (Å²) in [6, 6.07) is 7.29. The number of ether oxygens (including phenoxy) is 2. The lowest BCUT2D eigenvalue weighted by Gasteiger charge is -2.23. The first-order chi connectivity index (χ1) is 13.4. The van der Waals surface area contributed by atoms with Crippen molar-refractivity contribution >= 4 is 11.6 Å². The number of hydrogen-bond acceptors (Lipinski definition) is 5. The van der Waals surface area contributed by atoms with Crippen molar-refractivity contribution < 1.29 is 22.6 Å². The molecular formula is C20H24F3N3O2. The van der Waals surface area contributed by atoms with E-state index in [1.807, 2.05) is 38.1 Å². The quantitative estimate of drug-likeness (QED) is 0.630. The van der Waals surface area contributed by atoms with E-state index in [9.17, 15) is 13.2 Å². The van der Waals surface area contributed by atoms with Gasteiger partial charge in [-0.2, -0.15) is 18.2 Å². The van der Waals surface area contributed by atoms with Crippen LogP contribution in [-0.2, 0) is 6.18 Å². The summed E-state index contributed by atoms with van der Waals surface area (Å²) >= 11 is 0. The third kappa shape index (κ3) is 4.66. The highest BCUT2D eigenvalue weighted by atomic mass is 19.4. The minimum absolute atomic E-state index is 0.164. The Morgan fingerprint density at radius 1 is 1.18 bits per heavy atom. The van der Waals surface area contributed by atoms with Crippen LogP contribution in [0.2, 0.25) is 0 Å². The Hall–Kier alpha value is -2.51. The molecular weight excluding hydrogens is 371 g/mol. The van der Waals surface area contributed by atoms with E-state index < -0.39 is 17.6 Å². The highest BCUT2D eigenvalue weighted by Gasteiger charge is 2.37. The van der Waals surface area contributed by atoms with Crippen molar-refractivity contribution in [2.75, 3.05) is 18.1 Å². The van der Waals surface area contributed by atoms with Crippen molar-refractivity contribution in [3.8, 4) is 11.6 Å². The maximum atomic E-state index is 13.4. The highest BCUT2D eigenvalue weighted by Crippen LogP contribution is 2.38. The van der Waals surface area contributed by atoms with Crippen LogP contribution in [-0.4, -0.2) is 29.2 Å². The van der Waals surface area contributed by atoms with Crippen LogP contribution in [0.3, 0.4) is 0 Å². The zero-order chi connectivity index (χ0) is 20.1. The van der Waals surface area contributed by atoms with Gasteiger partial charge in [0, 0.05) is 24.5 Å². The van der Waals surface area contributed by atoms with E-state index in [4.69, 9.17) is 9.47 Å². The zero-order valence-corrected chi connectivity index (χ0v) is 16.0. The molecule has 0 aliphatic heterocycles. The molecule has 1 aromatic carbocycles. The van der Waals surface area contributed by atoms with Crippen LogP contribution in [0.4, 0.5) is 24.8 Å². The van der Waals surface area contributed by atoms with E-state index in [0.29, 0.717) is 18.9 Å². The first kappa shape index (κ1) is 20.2. The maximum Gasteiger partial charge on any atom is 0.423 e. The van der Waals surface area contributed by atoms with Gasteiger partial charge in [-0.05, 0) is 51.7 Å². The summed E-state index contributed by atoms with van der Waals surface area (Å²) in [7, 11) is 0. The zero-order valence-electron chi connectivity index (χ0n) is 16.0. The lowest BCUT2D eigenvalue weighted by atomic mass is 10.2. The molecule has 1 aliphatic carbocycles. The Morgan fingerprint density at radius 2 is 1.93 bits per heavy atom. The van der Waals surface area contributed by atoms with Crippen LogP contribution in [0.1, 0.15) is 45.1 Å². The molecule has 1 aliphatic rings. The molecule has 8 heteroatoms. The molecule has 0 bridgehead atoms. The molecule has 1 fully saturated rings. The summed E-state index contributed by atoms with van der Waals surface area (Å²) in [5.74, 6) is 0.439. The summed E-state index contributed by atoms with van der Waals surface area (Å²) < 4.78 is 51.4. The van der Waals surface area contributed by atoms with Crippen molar-refractivity contribution in [1.29, 1.82) is 0 Å². The third-order valence-corrected chi connectivity index (χ3v) is 4.62. The maximum absolute atomic E-state index is 13.4. The molecule has 0 radical (unpaired) electrons. The molecule has 3 rings (SSSR count). The predicted molar refractivity (Wildman–Crippen MR) is 100 cm³/mol. The van der Waals surface area contributed by atoms with Gasteiger partial charge in [0.2, 0.25) is 11.8 Å². The number of rotatable bonds is 7. The first-order valence-corrected chi connectivity index (χ1v) is 9.53. The minimum Gasteiger partial charge on any atom is -0.494 e. The Morgan fingerprint density at radius 3 is 2.57 bits per heavy atom.